The fourth-order valence-electron chi connectivity index (χ4n) is 2.58. The van der Waals surface area contributed by atoms with E-state index in [4.69, 9.17) is 5.73 Å². The number of benzene rings is 2. The van der Waals surface area contributed by atoms with Crippen LogP contribution in [0.1, 0.15) is 0 Å². The highest BCUT2D eigenvalue weighted by Crippen LogP contribution is 2.64. The number of para-hydroxylation sites is 2. The standard InChI is InChI=1S/C16H17F2N3O2S/c17-12-7-8-14(13(18)11-12)21-16-6-2-1-5-15(16)20(24(21,22)23)10-4-3-9-19/h1-8,11,22-23H,9-10,19H2/b4-3+. The topological polar surface area (TPSA) is 73.0 Å². The van der Waals surface area contributed by atoms with Crippen LogP contribution < -0.4 is 14.3 Å². The maximum atomic E-state index is 14.2. The van der Waals surface area contributed by atoms with E-state index in [-0.39, 0.29) is 12.2 Å². The Morgan fingerprint density at radius 3 is 2.38 bits per heavy atom. The van der Waals surface area contributed by atoms with Gasteiger partial charge in [-0.1, -0.05) is 24.3 Å². The number of anilines is 3. The molecule has 8 heteroatoms. The second-order valence-electron chi connectivity index (χ2n) is 5.14. The van der Waals surface area contributed by atoms with E-state index >= 15 is 0 Å². The predicted octanol–water partition coefficient (Wildman–Crippen LogP) is 4.02. The summed E-state index contributed by atoms with van der Waals surface area (Å²) in [7, 11) is -3.54. The maximum absolute atomic E-state index is 14.2. The number of nitrogens with zero attached hydrogens (tertiary/aromatic N) is 2. The summed E-state index contributed by atoms with van der Waals surface area (Å²) in [4.78, 5) is 0. The molecule has 0 aliphatic carbocycles. The number of rotatable bonds is 4. The molecule has 0 amide bonds. The van der Waals surface area contributed by atoms with Gasteiger partial charge >= 0.3 is 0 Å². The molecular weight excluding hydrogens is 336 g/mol. The lowest BCUT2D eigenvalue weighted by Gasteiger charge is -2.43. The average Bonchev–Trinajstić information content (AvgIpc) is 2.76. The van der Waals surface area contributed by atoms with E-state index in [0.29, 0.717) is 24.0 Å². The van der Waals surface area contributed by atoms with Gasteiger partial charge in [-0.05, 0) is 35.2 Å². The van der Waals surface area contributed by atoms with Gasteiger partial charge in [-0.25, -0.2) is 17.4 Å². The van der Waals surface area contributed by atoms with E-state index < -0.39 is 22.6 Å². The Morgan fingerprint density at radius 1 is 1.00 bits per heavy atom. The van der Waals surface area contributed by atoms with Gasteiger partial charge in [0, 0.05) is 12.6 Å². The Balaban J connectivity index is 2.11. The maximum Gasteiger partial charge on any atom is 0.151 e. The highest BCUT2D eigenvalue weighted by Gasteiger charge is 2.42. The van der Waals surface area contributed by atoms with Crippen molar-refractivity contribution in [2.75, 3.05) is 21.7 Å². The van der Waals surface area contributed by atoms with Crippen LogP contribution in [0.4, 0.5) is 25.8 Å². The van der Waals surface area contributed by atoms with Crippen molar-refractivity contribution in [3.05, 3.63) is 66.3 Å². The molecule has 24 heavy (non-hydrogen) atoms. The summed E-state index contributed by atoms with van der Waals surface area (Å²) in [6.07, 6.45) is 3.40. The smallest absolute Gasteiger partial charge is 0.151 e. The van der Waals surface area contributed by atoms with E-state index in [1.54, 1.807) is 36.4 Å². The Labute approximate surface area is 140 Å². The molecule has 0 fully saturated rings. The summed E-state index contributed by atoms with van der Waals surface area (Å²) >= 11 is 0. The second-order valence-corrected chi connectivity index (χ2v) is 6.92. The number of hydrogen-bond acceptors (Lipinski definition) is 5. The SMILES string of the molecule is NC/C=C/CN1c2ccccc2N(c2ccc(F)cc2F)S1(O)O. The predicted molar refractivity (Wildman–Crippen MR) is 93.3 cm³/mol. The summed E-state index contributed by atoms with van der Waals surface area (Å²) in [5.74, 6) is -1.60. The van der Waals surface area contributed by atoms with Crippen LogP contribution in [0.15, 0.2) is 54.6 Å². The van der Waals surface area contributed by atoms with Gasteiger partial charge in [-0.15, -0.1) is 0 Å². The van der Waals surface area contributed by atoms with Gasteiger partial charge in [0.2, 0.25) is 0 Å². The molecule has 2 aromatic carbocycles. The van der Waals surface area contributed by atoms with Crippen LogP contribution in [-0.4, -0.2) is 22.2 Å². The van der Waals surface area contributed by atoms with Crippen LogP contribution in [0.5, 0.6) is 0 Å². The molecule has 3 rings (SSSR count). The molecule has 1 aliphatic heterocycles. The fraction of sp³-hybridized carbons (Fsp3) is 0.125. The van der Waals surface area contributed by atoms with Crippen molar-refractivity contribution in [3.63, 3.8) is 0 Å². The lowest BCUT2D eigenvalue weighted by atomic mass is 10.2. The quantitative estimate of drug-likeness (QED) is 0.724. The Hall–Kier alpha value is -2.13. The van der Waals surface area contributed by atoms with Crippen LogP contribution in [0.3, 0.4) is 0 Å². The van der Waals surface area contributed by atoms with Gasteiger partial charge in [0.15, 0.2) is 5.82 Å². The lowest BCUT2D eigenvalue weighted by Crippen LogP contribution is -2.31. The van der Waals surface area contributed by atoms with E-state index in [2.05, 4.69) is 0 Å². The summed E-state index contributed by atoms with van der Waals surface area (Å²) in [6.45, 7) is 0.515. The summed E-state index contributed by atoms with van der Waals surface area (Å²) in [5.41, 5.74) is 6.28. The Kier molecular flexibility index (Phi) is 4.46. The zero-order chi connectivity index (χ0) is 17.3. The molecule has 0 aromatic heterocycles. The van der Waals surface area contributed by atoms with Gasteiger partial charge in [-0.3, -0.25) is 9.11 Å². The number of hydrogen-bond donors (Lipinski definition) is 3. The molecule has 0 spiro atoms. The highest BCUT2D eigenvalue weighted by atomic mass is 32.3. The Bertz CT molecular complexity index is 786. The van der Waals surface area contributed by atoms with Crippen LogP contribution in [0, 0.1) is 11.6 Å². The zero-order valence-corrected chi connectivity index (χ0v) is 13.5. The van der Waals surface area contributed by atoms with Gasteiger partial charge in [0.1, 0.15) is 11.5 Å². The van der Waals surface area contributed by atoms with E-state index in [1.807, 2.05) is 0 Å². The minimum absolute atomic E-state index is 0.103. The molecule has 1 aliphatic rings. The summed E-state index contributed by atoms with van der Waals surface area (Å²) < 4.78 is 51.4. The number of nitrogens with two attached hydrogens (primary N) is 1. The Morgan fingerprint density at radius 2 is 1.71 bits per heavy atom. The largest absolute Gasteiger partial charge is 0.327 e. The molecular formula is C16H17F2N3O2S. The lowest BCUT2D eigenvalue weighted by molar-refractivity contribution is 0.485. The normalized spacial score (nSPS) is 17.4. The van der Waals surface area contributed by atoms with Crippen LogP contribution in [0.25, 0.3) is 0 Å². The minimum Gasteiger partial charge on any atom is -0.327 e. The summed E-state index contributed by atoms with van der Waals surface area (Å²) in [5, 5.41) is 0. The molecule has 5 nitrogen and oxygen atoms in total. The van der Waals surface area contributed by atoms with E-state index in [9.17, 15) is 17.9 Å². The second kappa shape index (κ2) is 6.40. The van der Waals surface area contributed by atoms with Crippen molar-refractivity contribution in [2.24, 2.45) is 5.73 Å². The van der Waals surface area contributed by atoms with Crippen molar-refractivity contribution >= 4 is 28.0 Å². The molecule has 0 bridgehead atoms. The van der Waals surface area contributed by atoms with Gasteiger partial charge in [-0.2, -0.15) is 0 Å². The molecule has 4 N–H and O–H groups in total. The molecule has 0 atom stereocenters. The first kappa shape index (κ1) is 16.7. The van der Waals surface area contributed by atoms with Gasteiger partial charge in [0.25, 0.3) is 0 Å². The fourth-order valence-corrected chi connectivity index (χ4v) is 4.31. The molecule has 1 heterocycles. The zero-order valence-electron chi connectivity index (χ0n) is 12.6. The third-order valence-corrected chi connectivity index (χ3v) is 5.43. The average molecular weight is 353 g/mol. The number of halogens is 2. The minimum atomic E-state index is -3.54. The third kappa shape index (κ3) is 2.73. The first-order chi connectivity index (χ1) is 11.5. The highest BCUT2D eigenvalue weighted by molar-refractivity contribution is 8.27. The van der Waals surface area contributed by atoms with Crippen LogP contribution in [0.2, 0.25) is 0 Å². The molecule has 2 aromatic rings. The summed E-state index contributed by atoms with van der Waals surface area (Å²) in [6, 6.07) is 9.80. The van der Waals surface area contributed by atoms with Gasteiger partial charge in [0.05, 0.1) is 17.9 Å². The van der Waals surface area contributed by atoms with E-state index in [0.717, 1.165) is 10.4 Å². The number of fused-ring (bicyclic) bond motifs is 1. The van der Waals surface area contributed by atoms with E-state index in [1.165, 1.54) is 10.4 Å². The van der Waals surface area contributed by atoms with Gasteiger partial charge < -0.3 is 5.73 Å². The molecule has 0 radical (unpaired) electrons. The molecule has 0 saturated carbocycles. The first-order valence-corrected chi connectivity index (χ1v) is 8.68. The van der Waals surface area contributed by atoms with Crippen molar-refractivity contribution in [2.45, 2.75) is 0 Å². The molecule has 0 saturated heterocycles. The molecule has 128 valence electrons. The van der Waals surface area contributed by atoms with Crippen molar-refractivity contribution in [1.82, 2.24) is 0 Å². The van der Waals surface area contributed by atoms with Crippen LogP contribution >= 0.6 is 11.0 Å². The third-order valence-electron chi connectivity index (χ3n) is 3.61. The van der Waals surface area contributed by atoms with Crippen molar-refractivity contribution in [1.29, 1.82) is 0 Å². The van der Waals surface area contributed by atoms with Crippen molar-refractivity contribution < 1.29 is 17.9 Å². The molecule has 0 unspecified atom stereocenters. The van der Waals surface area contributed by atoms with Crippen molar-refractivity contribution in [3.8, 4) is 0 Å². The monoisotopic (exact) mass is 353 g/mol. The van der Waals surface area contributed by atoms with Crippen LogP contribution in [-0.2, 0) is 0 Å². The first-order valence-electron chi connectivity index (χ1n) is 7.22.